The lowest BCUT2D eigenvalue weighted by molar-refractivity contribution is 0.306. The highest BCUT2D eigenvalue weighted by Gasteiger charge is 2.19. The van der Waals surface area contributed by atoms with E-state index in [1.54, 1.807) is 4.57 Å². The van der Waals surface area contributed by atoms with E-state index in [0.29, 0.717) is 31.3 Å². The van der Waals surface area contributed by atoms with Crippen LogP contribution in [0.25, 0.3) is 10.9 Å². The number of hydrogen-bond donors (Lipinski definition) is 0. The first-order valence-electron chi connectivity index (χ1n) is 12.8. The van der Waals surface area contributed by atoms with Crippen molar-refractivity contribution in [3.63, 3.8) is 0 Å². The van der Waals surface area contributed by atoms with Crippen LogP contribution in [-0.4, -0.2) is 18.3 Å². The second kappa shape index (κ2) is 13.6. The van der Waals surface area contributed by atoms with Crippen molar-refractivity contribution in [1.29, 1.82) is 0 Å². The van der Waals surface area contributed by atoms with Crippen molar-refractivity contribution in [2.45, 2.75) is 66.5 Å². The van der Waals surface area contributed by atoms with Crippen LogP contribution in [0.3, 0.4) is 0 Å². The van der Waals surface area contributed by atoms with Crippen LogP contribution in [-0.2, 0) is 13.2 Å². The number of aryl methyl sites for hydroxylation is 1. The van der Waals surface area contributed by atoms with Crippen LogP contribution in [0.5, 0.6) is 17.2 Å². The van der Waals surface area contributed by atoms with Crippen LogP contribution in [0.2, 0.25) is 0 Å². The summed E-state index contributed by atoms with van der Waals surface area (Å²) in [4.78, 5) is 13.4. The Kier molecular flexibility index (Phi) is 10.2. The van der Waals surface area contributed by atoms with Crippen LogP contribution >= 0.6 is 0 Å². The number of nitrogens with zero attached hydrogens (tertiary/aromatic N) is 1. The van der Waals surface area contributed by atoms with Gasteiger partial charge in [0.15, 0.2) is 5.75 Å². The van der Waals surface area contributed by atoms with E-state index in [-0.39, 0.29) is 11.3 Å². The van der Waals surface area contributed by atoms with E-state index in [2.05, 4.69) is 39.8 Å². The average molecular weight is 490 g/mol. The van der Waals surface area contributed by atoms with Crippen molar-refractivity contribution in [2.75, 3.05) is 13.7 Å². The minimum Gasteiger partial charge on any atom is -0.489 e. The Morgan fingerprint density at radius 3 is 2.44 bits per heavy atom. The smallest absolute Gasteiger partial charge is 0.297 e. The van der Waals surface area contributed by atoms with Gasteiger partial charge in [-0.3, -0.25) is 4.79 Å². The number of ether oxygens (including phenoxy) is 3. The molecular weight excluding hydrogens is 450 g/mol. The molecule has 0 radical (unpaired) electrons. The molecule has 0 atom stereocenters. The van der Waals surface area contributed by atoms with Gasteiger partial charge in [0.25, 0.3) is 5.56 Å². The number of hydrogen-bond acceptors (Lipinski definition) is 4. The van der Waals surface area contributed by atoms with Crippen LogP contribution in [0, 0.1) is 0 Å². The Bertz CT molecular complexity index is 1250. The summed E-state index contributed by atoms with van der Waals surface area (Å²) >= 11 is 0. The fraction of sp³-hybridized carbons (Fsp3) is 0.387. The molecule has 0 fully saturated rings. The summed E-state index contributed by atoms with van der Waals surface area (Å²) in [5.41, 5.74) is 4.28. The minimum atomic E-state index is -0.182. The van der Waals surface area contributed by atoms with Gasteiger partial charge in [0.1, 0.15) is 19.0 Å². The molecule has 5 heteroatoms. The Morgan fingerprint density at radius 1 is 0.972 bits per heavy atom. The number of unbranched alkanes of at least 4 members (excludes halogenated alkanes) is 1. The SMILES string of the molecule is CCCCn1c(=O)c(OC)c(OC/C=C(\C)CCC=C(C)C)c2ccc(OCc3ccccc3)cc21. The van der Waals surface area contributed by atoms with Gasteiger partial charge in [-0.05, 0) is 63.8 Å². The third kappa shape index (κ3) is 7.27. The predicted molar refractivity (Wildman–Crippen MR) is 148 cm³/mol. The minimum absolute atomic E-state index is 0.182. The number of fused-ring (bicyclic) bond motifs is 1. The average Bonchev–Trinajstić information content (AvgIpc) is 2.87. The maximum atomic E-state index is 13.4. The summed E-state index contributed by atoms with van der Waals surface area (Å²) in [6.45, 7) is 9.88. The second-order valence-corrected chi connectivity index (χ2v) is 9.31. The largest absolute Gasteiger partial charge is 0.489 e. The first kappa shape index (κ1) is 27.1. The number of aromatic nitrogens is 1. The zero-order valence-electron chi connectivity index (χ0n) is 22.3. The fourth-order valence-electron chi connectivity index (χ4n) is 4.03. The summed E-state index contributed by atoms with van der Waals surface area (Å²) in [5, 5.41) is 0.838. The highest BCUT2D eigenvalue weighted by atomic mass is 16.5. The predicted octanol–water partition coefficient (Wildman–Crippen LogP) is 7.46. The molecule has 1 heterocycles. The first-order chi connectivity index (χ1) is 17.4. The fourth-order valence-corrected chi connectivity index (χ4v) is 4.03. The molecule has 0 unspecified atom stereocenters. The molecule has 0 aliphatic heterocycles. The summed E-state index contributed by atoms with van der Waals surface area (Å²) < 4.78 is 19.6. The Morgan fingerprint density at radius 2 is 1.75 bits per heavy atom. The highest BCUT2D eigenvalue weighted by molar-refractivity contribution is 5.89. The van der Waals surface area contributed by atoms with Gasteiger partial charge < -0.3 is 18.8 Å². The standard InChI is InChI=1S/C31H39NO4/c1-6-7-19-32-28-21-26(36-22-25-14-9-8-10-15-25)16-17-27(28)29(30(34-5)31(32)33)35-20-18-24(4)13-11-12-23(2)3/h8-10,12,14-18,21H,6-7,11,13,19-20,22H2,1-5H3/b24-18+. The molecule has 0 amide bonds. The maximum Gasteiger partial charge on any atom is 0.297 e. The zero-order chi connectivity index (χ0) is 25.9. The van der Waals surface area contributed by atoms with Crippen molar-refractivity contribution in [1.82, 2.24) is 4.57 Å². The lowest BCUT2D eigenvalue weighted by atomic mass is 10.1. The van der Waals surface area contributed by atoms with E-state index in [0.717, 1.165) is 42.1 Å². The molecule has 0 aliphatic rings. The molecular formula is C31H39NO4. The van der Waals surface area contributed by atoms with Crippen molar-refractivity contribution >= 4 is 10.9 Å². The van der Waals surface area contributed by atoms with Crippen LogP contribution in [0.1, 0.15) is 58.9 Å². The van der Waals surface area contributed by atoms with E-state index >= 15 is 0 Å². The second-order valence-electron chi connectivity index (χ2n) is 9.31. The monoisotopic (exact) mass is 489 g/mol. The molecule has 5 nitrogen and oxygen atoms in total. The molecule has 3 aromatic rings. The number of rotatable bonds is 13. The first-order valence-corrected chi connectivity index (χ1v) is 12.8. The van der Waals surface area contributed by atoms with E-state index < -0.39 is 0 Å². The number of benzene rings is 2. The molecule has 0 saturated heterocycles. The zero-order valence-corrected chi connectivity index (χ0v) is 22.3. The van der Waals surface area contributed by atoms with Gasteiger partial charge in [0, 0.05) is 18.0 Å². The van der Waals surface area contributed by atoms with Crippen molar-refractivity contribution in [3.8, 4) is 17.2 Å². The lowest BCUT2D eigenvalue weighted by Gasteiger charge is -2.18. The van der Waals surface area contributed by atoms with Crippen LogP contribution < -0.4 is 19.8 Å². The molecule has 0 bridgehead atoms. The van der Waals surface area contributed by atoms with Gasteiger partial charge in [-0.25, -0.2) is 0 Å². The Balaban J connectivity index is 1.93. The highest BCUT2D eigenvalue weighted by Crippen LogP contribution is 2.35. The van der Waals surface area contributed by atoms with Gasteiger partial charge in [-0.1, -0.05) is 60.9 Å². The maximum absolute atomic E-state index is 13.4. The molecule has 0 spiro atoms. The Labute approximate surface area is 215 Å². The molecule has 0 N–H and O–H groups in total. The van der Waals surface area contributed by atoms with Crippen LogP contribution in [0.4, 0.5) is 0 Å². The quantitative estimate of drug-likeness (QED) is 0.234. The lowest BCUT2D eigenvalue weighted by Crippen LogP contribution is -2.23. The molecule has 2 aromatic carbocycles. The third-order valence-corrected chi connectivity index (χ3v) is 6.09. The van der Waals surface area contributed by atoms with E-state index in [1.807, 2.05) is 48.5 Å². The number of allylic oxidation sites excluding steroid dienone is 3. The molecule has 1 aromatic heterocycles. The summed E-state index contributed by atoms with van der Waals surface area (Å²) in [6, 6.07) is 15.9. The topological polar surface area (TPSA) is 49.7 Å². The van der Waals surface area contributed by atoms with E-state index in [4.69, 9.17) is 14.2 Å². The molecule has 0 saturated carbocycles. The molecule has 36 heavy (non-hydrogen) atoms. The summed E-state index contributed by atoms with van der Waals surface area (Å²) in [5.74, 6) is 1.43. The van der Waals surface area contributed by atoms with E-state index in [9.17, 15) is 4.79 Å². The van der Waals surface area contributed by atoms with Gasteiger partial charge in [0.2, 0.25) is 5.75 Å². The molecule has 192 valence electrons. The van der Waals surface area contributed by atoms with Gasteiger partial charge in [0.05, 0.1) is 12.6 Å². The van der Waals surface area contributed by atoms with Gasteiger partial charge >= 0.3 is 0 Å². The van der Waals surface area contributed by atoms with Gasteiger partial charge in [-0.15, -0.1) is 0 Å². The Hall–Kier alpha value is -3.47. The van der Waals surface area contributed by atoms with Gasteiger partial charge in [-0.2, -0.15) is 0 Å². The van der Waals surface area contributed by atoms with Crippen molar-refractivity contribution in [2.24, 2.45) is 0 Å². The number of pyridine rings is 1. The van der Waals surface area contributed by atoms with Crippen molar-refractivity contribution in [3.05, 3.63) is 87.7 Å². The number of methoxy groups -OCH3 is 1. The molecule has 0 aliphatic carbocycles. The normalized spacial score (nSPS) is 11.4. The third-order valence-electron chi connectivity index (χ3n) is 6.09. The summed E-state index contributed by atoms with van der Waals surface area (Å²) in [6.07, 6.45) is 8.17. The molecule has 3 rings (SSSR count). The van der Waals surface area contributed by atoms with Crippen LogP contribution in [0.15, 0.2) is 76.6 Å². The van der Waals surface area contributed by atoms with Crippen molar-refractivity contribution < 1.29 is 14.2 Å². The van der Waals surface area contributed by atoms with E-state index in [1.165, 1.54) is 18.3 Å². The summed E-state index contributed by atoms with van der Waals surface area (Å²) in [7, 11) is 1.53.